The van der Waals surface area contributed by atoms with E-state index in [2.05, 4.69) is 31.2 Å². The van der Waals surface area contributed by atoms with Crippen LogP contribution in [0.15, 0.2) is 24.3 Å². The molecule has 1 fully saturated rings. The van der Waals surface area contributed by atoms with Crippen molar-refractivity contribution in [2.45, 2.75) is 38.0 Å². The minimum Gasteiger partial charge on any atom is -0.329 e. The molecule has 18 heavy (non-hydrogen) atoms. The first-order chi connectivity index (χ1) is 8.73. The van der Waals surface area contributed by atoms with Crippen LogP contribution in [-0.2, 0) is 5.41 Å². The molecule has 3 heteroatoms. The Balaban J connectivity index is 2.00. The maximum Gasteiger partial charge on any atom is 0.101 e. The molecule has 2 N–H and O–H groups in total. The molecule has 1 saturated carbocycles. The van der Waals surface area contributed by atoms with Crippen molar-refractivity contribution in [2.24, 2.45) is 11.7 Å². The van der Waals surface area contributed by atoms with Gasteiger partial charge in [-0.1, -0.05) is 19.1 Å². The molecular weight excluding hydrogens is 240 g/mol. The van der Waals surface area contributed by atoms with E-state index in [0.29, 0.717) is 0 Å². The molecule has 1 heterocycles. The lowest BCUT2D eigenvalue weighted by atomic mass is 9.71. The number of benzene rings is 1. The summed E-state index contributed by atoms with van der Waals surface area (Å²) in [7, 11) is 0. The molecule has 96 valence electrons. The molecule has 0 bridgehead atoms. The first-order valence-electron chi connectivity index (χ1n) is 6.80. The maximum absolute atomic E-state index is 6.10. The third-order valence-electron chi connectivity index (χ3n) is 4.37. The van der Waals surface area contributed by atoms with Gasteiger partial charge in [-0.15, -0.1) is 11.3 Å². The number of nitrogens with two attached hydrogens (primary N) is 1. The Labute approximate surface area is 112 Å². The Morgan fingerprint density at radius 2 is 2.06 bits per heavy atom. The van der Waals surface area contributed by atoms with Gasteiger partial charge < -0.3 is 5.73 Å². The second kappa shape index (κ2) is 4.63. The number of hydrogen-bond donors (Lipinski definition) is 1. The summed E-state index contributed by atoms with van der Waals surface area (Å²) in [6, 6.07) is 8.41. The van der Waals surface area contributed by atoms with E-state index in [0.717, 1.165) is 18.0 Å². The van der Waals surface area contributed by atoms with Gasteiger partial charge in [-0.3, -0.25) is 0 Å². The Kier molecular flexibility index (Phi) is 3.12. The van der Waals surface area contributed by atoms with Crippen LogP contribution >= 0.6 is 11.3 Å². The highest BCUT2D eigenvalue weighted by Crippen LogP contribution is 2.43. The van der Waals surface area contributed by atoms with Gasteiger partial charge in [0.15, 0.2) is 0 Å². The van der Waals surface area contributed by atoms with Crippen molar-refractivity contribution in [3.63, 3.8) is 0 Å². The van der Waals surface area contributed by atoms with Crippen molar-refractivity contribution >= 4 is 21.6 Å². The van der Waals surface area contributed by atoms with E-state index in [4.69, 9.17) is 10.7 Å². The highest BCUT2D eigenvalue weighted by atomic mass is 32.1. The number of hydrogen-bond acceptors (Lipinski definition) is 3. The van der Waals surface area contributed by atoms with E-state index in [1.165, 1.54) is 35.4 Å². The van der Waals surface area contributed by atoms with Crippen LogP contribution in [0.3, 0.4) is 0 Å². The maximum atomic E-state index is 6.10. The molecule has 1 aliphatic rings. The third-order valence-corrected chi connectivity index (χ3v) is 5.65. The summed E-state index contributed by atoms with van der Waals surface area (Å²) in [5.41, 5.74) is 7.38. The summed E-state index contributed by atoms with van der Waals surface area (Å²) in [6.45, 7) is 3.08. The van der Waals surface area contributed by atoms with Crippen LogP contribution in [0.25, 0.3) is 10.2 Å². The van der Waals surface area contributed by atoms with Gasteiger partial charge >= 0.3 is 0 Å². The molecule has 1 aliphatic carbocycles. The lowest BCUT2D eigenvalue weighted by Gasteiger charge is -2.36. The van der Waals surface area contributed by atoms with E-state index in [9.17, 15) is 0 Å². The van der Waals surface area contributed by atoms with Gasteiger partial charge in [0, 0.05) is 12.0 Å². The zero-order valence-electron chi connectivity index (χ0n) is 10.9. The summed E-state index contributed by atoms with van der Waals surface area (Å²) in [5, 5.41) is 1.26. The van der Waals surface area contributed by atoms with E-state index in [-0.39, 0.29) is 5.41 Å². The van der Waals surface area contributed by atoms with Crippen molar-refractivity contribution in [1.82, 2.24) is 4.98 Å². The van der Waals surface area contributed by atoms with E-state index in [1.54, 1.807) is 0 Å². The lowest BCUT2D eigenvalue weighted by Crippen LogP contribution is -2.38. The van der Waals surface area contributed by atoms with Gasteiger partial charge in [0.1, 0.15) is 5.01 Å². The van der Waals surface area contributed by atoms with Crippen molar-refractivity contribution < 1.29 is 0 Å². The smallest absolute Gasteiger partial charge is 0.101 e. The largest absolute Gasteiger partial charge is 0.329 e. The second-order valence-electron chi connectivity index (χ2n) is 5.65. The molecule has 0 unspecified atom stereocenters. The zero-order chi connectivity index (χ0) is 12.6. The van der Waals surface area contributed by atoms with Gasteiger partial charge in [-0.2, -0.15) is 0 Å². The number of fused-ring (bicyclic) bond motifs is 1. The molecule has 0 amide bonds. The van der Waals surface area contributed by atoms with Gasteiger partial charge in [0.25, 0.3) is 0 Å². The number of rotatable bonds is 2. The summed E-state index contributed by atoms with van der Waals surface area (Å²) in [6.07, 6.45) is 4.97. The number of nitrogens with zero attached hydrogens (tertiary/aromatic N) is 1. The van der Waals surface area contributed by atoms with Crippen LogP contribution in [-0.4, -0.2) is 11.5 Å². The van der Waals surface area contributed by atoms with Crippen LogP contribution < -0.4 is 5.73 Å². The molecule has 0 spiro atoms. The van der Waals surface area contributed by atoms with Crippen molar-refractivity contribution in [3.8, 4) is 0 Å². The third kappa shape index (κ3) is 1.95. The predicted molar refractivity (Wildman–Crippen MR) is 78.0 cm³/mol. The minimum absolute atomic E-state index is 0.149. The minimum atomic E-state index is 0.149. The van der Waals surface area contributed by atoms with Crippen molar-refractivity contribution in [3.05, 3.63) is 29.3 Å². The topological polar surface area (TPSA) is 38.9 Å². The van der Waals surface area contributed by atoms with Crippen molar-refractivity contribution in [1.29, 1.82) is 0 Å². The summed E-state index contributed by atoms with van der Waals surface area (Å²) in [5.74, 6) is 0.846. The molecule has 1 aromatic heterocycles. The van der Waals surface area contributed by atoms with Gasteiger partial charge in [0.05, 0.1) is 10.2 Å². The zero-order valence-corrected chi connectivity index (χ0v) is 11.7. The Morgan fingerprint density at radius 3 is 2.72 bits per heavy atom. The normalized spacial score (nSPS) is 28.7. The SMILES string of the molecule is CC1CCC(CN)(c2nc3ccccc3s2)CC1. The fourth-order valence-corrected chi connectivity index (χ4v) is 4.14. The molecule has 0 atom stereocenters. The van der Waals surface area contributed by atoms with Crippen LogP contribution in [0.5, 0.6) is 0 Å². The Bertz CT molecular complexity index is 505. The molecule has 0 radical (unpaired) electrons. The van der Waals surface area contributed by atoms with Gasteiger partial charge in [-0.05, 0) is 43.7 Å². The molecule has 2 aromatic rings. The monoisotopic (exact) mass is 260 g/mol. The van der Waals surface area contributed by atoms with Crippen LogP contribution in [0.1, 0.15) is 37.6 Å². The molecule has 0 aliphatic heterocycles. The second-order valence-corrected chi connectivity index (χ2v) is 6.68. The molecule has 1 aromatic carbocycles. The lowest BCUT2D eigenvalue weighted by molar-refractivity contribution is 0.247. The van der Waals surface area contributed by atoms with Crippen LogP contribution in [0.2, 0.25) is 0 Å². The first-order valence-corrected chi connectivity index (χ1v) is 7.61. The van der Waals surface area contributed by atoms with Crippen LogP contribution in [0, 0.1) is 5.92 Å². The molecular formula is C15H20N2S. The fraction of sp³-hybridized carbons (Fsp3) is 0.533. The number of aromatic nitrogens is 1. The van der Waals surface area contributed by atoms with E-state index >= 15 is 0 Å². The number of para-hydroxylation sites is 1. The predicted octanol–water partition coefficient (Wildman–Crippen LogP) is 3.70. The molecule has 2 nitrogen and oxygen atoms in total. The fourth-order valence-electron chi connectivity index (χ4n) is 2.92. The summed E-state index contributed by atoms with van der Waals surface area (Å²) >= 11 is 1.84. The van der Waals surface area contributed by atoms with Gasteiger partial charge in [0.2, 0.25) is 0 Å². The highest BCUT2D eigenvalue weighted by molar-refractivity contribution is 7.18. The molecule has 0 saturated heterocycles. The van der Waals surface area contributed by atoms with Crippen LogP contribution in [0.4, 0.5) is 0 Å². The standard InChI is InChI=1S/C15H20N2S/c1-11-6-8-15(10-16,9-7-11)14-17-12-4-2-3-5-13(12)18-14/h2-5,11H,6-10,16H2,1H3. The first kappa shape index (κ1) is 12.1. The van der Waals surface area contributed by atoms with E-state index < -0.39 is 0 Å². The van der Waals surface area contributed by atoms with Gasteiger partial charge in [-0.25, -0.2) is 4.98 Å². The summed E-state index contributed by atoms with van der Waals surface area (Å²) < 4.78 is 1.29. The highest BCUT2D eigenvalue weighted by Gasteiger charge is 2.37. The average molecular weight is 260 g/mol. The van der Waals surface area contributed by atoms with E-state index in [1.807, 2.05) is 11.3 Å². The average Bonchev–Trinajstić information content (AvgIpc) is 2.84. The summed E-state index contributed by atoms with van der Waals surface area (Å²) in [4.78, 5) is 4.84. The quantitative estimate of drug-likeness (QED) is 0.894. The Morgan fingerprint density at radius 1 is 1.33 bits per heavy atom. The molecule has 3 rings (SSSR count). The number of thiazole rings is 1. The Hall–Kier alpha value is -0.930. The van der Waals surface area contributed by atoms with Crippen molar-refractivity contribution in [2.75, 3.05) is 6.54 Å².